The molecule has 1 aliphatic rings. The molecule has 2 amide bonds. The third-order valence-corrected chi connectivity index (χ3v) is 6.81. The normalized spacial score (nSPS) is 16.2. The maximum absolute atomic E-state index is 12.9. The second-order valence-electron chi connectivity index (χ2n) is 8.19. The van der Waals surface area contributed by atoms with Gasteiger partial charge in [0.1, 0.15) is 17.8 Å². The van der Waals surface area contributed by atoms with Gasteiger partial charge in [0, 0.05) is 18.7 Å². The molecule has 1 fully saturated rings. The minimum atomic E-state index is -1.34. The van der Waals surface area contributed by atoms with Gasteiger partial charge in [0.2, 0.25) is 0 Å². The van der Waals surface area contributed by atoms with Crippen LogP contribution in [0.1, 0.15) is 30.4 Å². The Morgan fingerprint density at radius 1 is 1.29 bits per heavy atom. The van der Waals surface area contributed by atoms with Gasteiger partial charge < -0.3 is 30.3 Å². The van der Waals surface area contributed by atoms with Crippen LogP contribution in [0.15, 0.2) is 53.4 Å². The molecule has 186 valence electrons. The highest BCUT2D eigenvalue weighted by molar-refractivity contribution is 7.90. The first-order valence-electron chi connectivity index (χ1n) is 11.0. The van der Waals surface area contributed by atoms with Crippen molar-refractivity contribution in [3.63, 3.8) is 0 Å². The van der Waals surface area contributed by atoms with E-state index in [2.05, 4.69) is 5.32 Å². The molecule has 1 heterocycles. The molecule has 0 bridgehead atoms. The van der Waals surface area contributed by atoms with Crippen molar-refractivity contribution in [3.8, 4) is 5.75 Å². The number of piperazine rings is 1. The Kier molecular flexibility index (Phi) is 8.36. The predicted molar refractivity (Wildman–Crippen MR) is 130 cm³/mol. The Balaban J connectivity index is 1.90. The van der Waals surface area contributed by atoms with E-state index in [1.807, 2.05) is 0 Å². The molecule has 2 aromatic carbocycles. The van der Waals surface area contributed by atoms with Crippen molar-refractivity contribution in [2.45, 2.75) is 29.7 Å². The summed E-state index contributed by atoms with van der Waals surface area (Å²) >= 11 is -1.32. The number of nitrogens with two attached hydrogens (primary N) is 1. The third-order valence-electron chi connectivity index (χ3n) is 5.89. The Hall–Kier alpha value is -3.57. The van der Waals surface area contributed by atoms with Crippen LogP contribution in [0.4, 0.5) is 0 Å². The summed E-state index contributed by atoms with van der Waals surface area (Å²) in [6, 6.07) is 13.4. The summed E-state index contributed by atoms with van der Waals surface area (Å²) in [4.78, 5) is 38.9. The summed E-state index contributed by atoms with van der Waals surface area (Å²) < 4.78 is 17.9. The van der Waals surface area contributed by atoms with Crippen LogP contribution in [-0.2, 0) is 31.1 Å². The maximum Gasteiger partial charge on any atom is 0.312 e. The summed E-state index contributed by atoms with van der Waals surface area (Å²) in [5.41, 5.74) is 5.19. The highest BCUT2D eigenvalue weighted by Crippen LogP contribution is 2.39. The number of carbonyl (C=O) groups is 3. The van der Waals surface area contributed by atoms with E-state index < -0.39 is 40.9 Å². The van der Waals surface area contributed by atoms with Crippen LogP contribution in [-0.4, -0.2) is 64.1 Å². The van der Waals surface area contributed by atoms with Gasteiger partial charge in [-0.05, 0) is 66.0 Å². The van der Waals surface area contributed by atoms with Gasteiger partial charge in [-0.2, -0.15) is 0 Å². The zero-order valence-electron chi connectivity index (χ0n) is 19.3. The number of rotatable bonds is 11. The van der Waals surface area contributed by atoms with Crippen LogP contribution in [0, 0.1) is 5.41 Å². The Bertz CT molecular complexity index is 1110. The van der Waals surface area contributed by atoms with Crippen molar-refractivity contribution in [1.29, 1.82) is 5.41 Å². The zero-order valence-corrected chi connectivity index (χ0v) is 20.1. The molecule has 5 N–H and O–H groups in total. The van der Waals surface area contributed by atoms with Gasteiger partial charge in [0.05, 0.1) is 18.6 Å². The summed E-state index contributed by atoms with van der Waals surface area (Å²) in [7, 11) is 0. The molecule has 2 aromatic rings. The van der Waals surface area contributed by atoms with Crippen molar-refractivity contribution in [1.82, 2.24) is 10.2 Å². The van der Waals surface area contributed by atoms with Crippen LogP contribution >= 0.6 is 0 Å². The molecule has 0 spiro atoms. The molecule has 0 radical (unpaired) electrons. The molecule has 3 rings (SSSR count). The van der Waals surface area contributed by atoms with Crippen molar-refractivity contribution in [2.75, 3.05) is 26.0 Å². The van der Waals surface area contributed by atoms with E-state index in [4.69, 9.17) is 15.9 Å². The van der Waals surface area contributed by atoms with Gasteiger partial charge in [-0.25, -0.2) is 0 Å². The number of nitrogen functional groups attached to an aromatic ring is 1. The lowest BCUT2D eigenvalue weighted by Gasteiger charge is -2.45. The van der Waals surface area contributed by atoms with E-state index in [1.54, 1.807) is 48.5 Å². The average molecular weight is 501 g/mol. The van der Waals surface area contributed by atoms with E-state index in [9.17, 15) is 24.0 Å². The van der Waals surface area contributed by atoms with Gasteiger partial charge >= 0.3 is 17.8 Å². The summed E-state index contributed by atoms with van der Waals surface area (Å²) in [6.07, 6.45) is 1.65. The number of aliphatic carboxylic acids is 1. The van der Waals surface area contributed by atoms with E-state index in [0.29, 0.717) is 28.2 Å². The first-order chi connectivity index (χ1) is 16.6. The van der Waals surface area contributed by atoms with Crippen LogP contribution in [0.2, 0.25) is 0 Å². The molecule has 35 heavy (non-hydrogen) atoms. The molecule has 10 nitrogen and oxygen atoms in total. The fraction of sp³-hybridized carbons (Fsp3) is 0.333. The molecular formula is C24H28N4O6S. The average Bonchev–Trinajstić information content (AvgIpc) is 2.83. The number of amides is 2. The van der Waals surface area contributed by atoms with Crippen molar-refractivity contribution in [2.24, 2.45) is 5.73 Å². The molecule has 2 unspecified atom stereocenters. The van der Waals surface area contributed by atoms with E-state index in [-0.39, 0.29) is 32.0 Å². The van der Waals surface area contributed by atoms with Crippen LogP contribution < -0.4 is 15.8 Å². The quantitative estimate of drug-likeness (QED) is 0.118. The minimum Gasteiger partial charge on any atom is -0.612 e. The summed E-state index contributed by atoms with van der Waals surface area (Å²) in [5, 5.41) is 19.8. The second-order valence-corrected chi connectivity index (χ2v) is 9.57. The highest BCUT2D eigenvalue weighted by atomic mass is 32.2. The maximum atomic E-state index is 12.9. The van der Waals surface area contributed by atoms with Gasteiger partial charge in [-0.3, -0.25) is 19.8 Å². The van der Waals surface area contributed by atoms with Crippen LogP contribution in [0.3, 0.4) is 0 Å². The Labute approximate surface area is 206 Å². The number of carboxylic acid groups (broad SMARTS) is 1. The number of hydrogen-bond acceptors (Lipinski definition) is 6. The number of ether oxygens (including phenoxy) is 1. The fourth-order valence-corrected chi connectivity index (χ4v) is 4.77. The molecule has 11 heteroatoms. The van der Waals surface area contributed by atoms with Crippen molar-refractivity contribution in [3.05, 3.63) is 59.7 Å². The highest BCUT2D eigenvalue weighted by Gasteiger charge is 2.46. The van der Waals surface area contributed by atoms with Crippen molar-refractivity contribution < 1.29 is 28.8 Å². The monoisotopic (exact) mass is 500 g/mol. The number of amidine groups is 1. The van der Waals surface area contributed by atoms with Gasteiger partial charge in [-0.1, -0.05) is 12.1 Å². The SMILES string of the molecule is C[S+]([O-])c1cccc(C(CCCOc2ccc(C(=N)N)cc2)(CC(=O)O)N2CCNC(=O)C2=O)c1. The minimum absolute atomic E-state index is 0.0551. The number of nitrogens with one attached hydrogen (secondary N) is 2. The molecule has 1 aliphatic heterocycles. The van der Waals surface area contributed by atoms with E-state index in [0.717, 1.165) is 0 Å². The number of hydrogen-bond donors (Lipinski definition) is 4. The lowest BCUT2D eigenvalue weighted by Crippen LogP contribution is -2.60. The number of nitrogens with zero attached hydrogens (tertiary/aromatic N) is 1. The number of carboxylic acids is 1. The van der Waals surface area contributed by atoms with Crippen molar-refractivity contribution >= 4 is 34.8 Å². The zero-order chi connectivity index (χ0) is 25.6. The van der Waals surface area contributed by atoms with Crippen LogP contribution in [0.5, 0.6) is 5.75 Å². The lowest BCUT2D eigenvalue weighted by atomic mass is 9.80. The molecule has 2 atom stereocenters. The summed E-state index contributed by atoms with van der Waals surface area (Å²) in [6.45, 7) is 0.559. The van der Waals surface area contributed by atoms with E-state index >= 15 is 0 Å². The summed E-state index contributed by atoms with van der Waals surface area (Å²) in [5.74, 6) is -2.23. The predicted octanol–water partition coefficient (Wildman–Crippen LogP) is 1.20. The van der Waals surface area contributed by atoms with E-state index in [1.165, 1.54) is 11.2 Å². The molecule has 0 aromatic heterocycles. The fourth-order valence-electron chi connectivity index (χ4n) is 4.21. The molecule has 0 aliphatic carbocycles. The van der Waals surface area contributed by atoms with Gasteiger partial charge in [0.25, 0.3) is 0 Å². The Morgan fingerprint density at radius 3 is 2.63 bits per heavy atom. The lowest BCUT2D eigenvalue weighted by molar-refractivity contribution is -0.157. The molecule has 0 saturated carbocycles. The standard InChI is InChI=1S/C24H28N4O6S/c1-35(33)19-5-2-4-17(14-19)24(15-20(29)30,28-12-11-27-22(31)23(28)32)10-3-13-34-18-8-6-16(7-9-18)21(25)26/h2,4-9,14H,3,10-13,15H2,1H3,(H3,25,26)(H,27,31)(H,29,30). The first kappa shape index (κ1) is 26.0. The third kappa shape index (κ3) is 6.11. The second kappa shape index (κ2) is 11.2. The van der Waals surface area contributed by atoms with Gasteiger partial charge in [0.15, 0.2) is 4.90 Å². The Morgan fingerprint density at radius 2 is 2.00 bits per heavy atom. The first-order valence-corrected chi connectivity index (χ1v) is 12.5. The topological polar surface area (TPSA) is 169 Å². The molecular weight excluding hydrogens is 472 g/mol. The number of carbonyl (C=O) groups excluding carboxylic acids is 2. The van der Waals surface area contributed by atoms with Crippen LogP contribution in [0.25, 0.3) is 0 Å². The molecule has 1 saturated heterocycles. The number of benzene rings is 2. The largest absolute Gasteiger partial charge is 0.612 e. The smallest absolute Gasteiger partial charge is 0.312 e. The van der Waals surface area contributed by atoms with Gasteiger partial charge in [-0.15, -0.1) is 0 Å².